The Morgan fingerprint density at radius 2 is 2.05 bits per heavy atom. The van der Waals surface area contributed by atoms with E-state index < -0.39 is 0 Å². The minimum absolute atomic E-state index is 0.0996. The van der Waals surface area contributed by atoms with Crippen LogP contribution in [0.3, 0.4) is 0 Å². The van der Waals surface area contributed by atoms with Crippen molar-refractivity contribution in [1.82, 2.24) is 0 Å². The maximum absolute atomic E-state index is 13.7. The number of carbonyl (C=O) groups is 1. The van der Waals surface area contributed by atoms with Crippen LogP contribution in [0.4, 0.5) is 4.39 Å². The van der Waals surface area contributed by atoms with Gasteiger partial charge in [0.15, 0.2) is 5.78 Å². The molecule has 0 bridgehead atoms. The molecule has 0 fully saturated rings. The van der Waals surface area contributed by atoms with E-state index in [1.54, 1.807) is 31.2 Å². The van der Waals surface area contributed by atoms with Crippen molar-refractivity contribution in [3.05, 3.63) is 53.4 Å². The predicted molar refractivity (Wildman–Crippen MR) is 78.5 cm³/mol. The summed E-state index contributed by atoms with van der Waals surface area (Å²) in [7, 11) is 0. The van der Waals surface area contributed by atoms with Gasteiger partial charge in [-0.3, -0.25) is 4.79 Å². The molecule has 0 radical (unpaired) electrons. The standard InChI is InChI=1S/C17H21FO/c1-3-4-5-6-7-11-16(19)13-12-15-10-8-9-14(2)17(15)18/h7-13H,3-6H2,1-2H3/b11-7-,13-12+. The van der Waals surface area contributed by atoms with E-state index in [0.717, 1.165) is 12.8 Å². The third-order valence-electron chi connectivity index (χ3n) is 2.91. The van der Waals surface area contributed by atoms with Gasteiger partial charge in [-0.05, 0) is 43.6 Å². The molecule has 0 atom stereocenters. The monoisotopic (exact) mass is 260 g/mol. The lowest BCUT2D eigenvalue weighted by atomic mass is 10.1. The highest BCUT2D eigenvalue weighted by Crippen LogP contribution is 2.13. The molecule has 1 rings (SSSR count). The molecule has 0 saturated carbocycles. The molecule has 0 spiro atoms. The number of carbonyl (C=O) groups excluding carboxylic acids is 1. The Labute approximate surface area is 114 Å². The lowest BCUT2D eigenvalue weighted by Crippen LogP contribution is -1.89. The number of hydrogen-bond acceptors (Lipinski definition) is 1. The fourth-order valence-corrected chi connectivity index (χ4v) is 1.74. The van der Waals surface area contributed by atoms with Crippen molar-refractivity contribution in [2.45, 2.75) is 39.5 Å². The first kappa shape index (κ1) is 15.4. The lowest BCUT2D eigenvalue weighted by molar-refractivity contribution is -0.110. The van der Waals surface area contributed by atoms with Crippen LogP contribution in [0.1, 0.15) is 43.7 Å². The van der Waals surface area contributed by atoms with Crippen LogP contribution in [0.2, 0.25) is 0 Å². The number of rotatable bonds is 7. The van der Waals surface area contributed by atoms with E-state index in [1.807, 2.05) is 6.08 Å². The van der Waals surface area contributed by atoms with E-state index in [-0.39, 0.29) is 11.6 Å². The molecule has 19 heavy (non-hydrogen) atoms. The molecule has 1 aromatic rings. The van der Waals surface area contributed by atoms with E-state index in [1.165, 1.54) is 25.0 Å². The van der Waals surface area contributed by atoms with Gasteiger partial charge in [0, 0.05) is 5.56 Å². The SMILES string of the molecule is CCCCC/C=C\C(=O)/C=C/c1cccc(C)c1F. The van der Waals surface area contributed by atoms with Gasteiger partial charge in [-0.1, -0.05) is 44.0 Å². The van der Waals surface area contributed by atoms with Gasteiger partial charge >= 0.3 is 0 Å². The second kappa shape index (κ2) is 8.41. The van der Waals surface area contributed by atoms with Crippen LogP contribution in [0.25, 0.3) is 6.08 Å². The molecule has 0 amide bonds. The highest BCUT2D eigenvalue weighted by atomic mass is 19.1. The van der Waals surface area contributed by atoms with E-state index in [0.29, 0.717) is 11.1 Å². The van der Waals surface area contributed by atoms with Crippen molar-refractivity contribution in [2.24, 2.45) is 0 Å². The fraction of sp³-hybridized carbons (Fsp3) is 0.353. The largest absolute Gasteiger partial charge is 0.290 e. The number of ketones is 1. The number of hydrogen-bond donors (Lipinski definition) is 0. The summed E-state index contributed by atoms with van der Waals surface area (Å²) in [4.78, 5) is 11.5. The summed E-state index contributed by atoms with van der Waals surface area (Å²) in [6.07, 6.45) is 10.8. The summed E-state index contributed by atoms with van der Waals surface area (Å²) in [6, 6.07) is 5.16. The number of halogens is 1. The number of aryl methyl sites for hydroxylation is 1. The summed E-state index contributed by atoms with van der Waals surface area (Å²) >= 11 is 0. The lowest BCUT2D eigenvalue weighted by Gasteiger charge is -1.99. The Hall–Kier alpha value is -1.70. The highest BCUT2D eigenvalue weighted by Gasteiger charge is 2.01. The van der Waals surface area contributed by atoms with Crippen molar-refractivity contribution in [1.29, 1.82) is 0 Å². The number of unbranched alkanes of at least 4 members (excludes halogenated alkanes) is 3. The van der Waals surface area contributed by atoms with Crippen molar-refractivity contribution >= 4 is 11.9 Å². The normalized spacial score (nSPS) is 11.5. The van der Waals surface area contributed by atoms with Crippen molar-refractivity contribution in [3.8, 4) is 0 Å². The fourth-order valence-electron chi connectivity index (χ4n) is 1.74. The van der Waals surface area contributed by atoms with Crippen LogP contribution < -0.4 is 0 Å². The van der Waals surface area contributed by atoms with Gasteiger partial charge in [0.2, 0.25) is 0 Å². The minimum Gasteiger partial charge on any atom is -0.290 e. The van der Waals surface area contributed by atoms with Crippen LogP contribution >= 0.6 is 0 Å². The summed E-state index contributed by atoms with van der Waals surface area (Å²) in [5.74, 6) is -0.365. The average Bonchev–Trinajstić information content (AvgIpc) is 2.40. The zero-order valence-electron chi connectivity index (χ0n) is 11.7. The molecule has 1 aromatic carbocycles. The van der Waals surface area contributed by atoms with Gasteiger partial charge in [0.25, 0.3) is 0 Å². The van der Waals surface area contributed by atoms with Gasteiger partial charge in [-0.15, -0.1) is 0 Å². The zero-order valence-corrected chi connectivity index (χ0v) is 11.7. The third kappa shape index (κ3) is 5.64. The van der Waals surface area contributed by atoms with Gasteiger partial charge in [0.05, 0.1) is 0 Å². The first-order valence-electron chi connectivity index (χ1n) is 6.79. The smallest absolute Gasteiger partial charge is 0.178 e. The first-order chi connectivity index (χ1) is 9.15. The van der Waals surface area contributed by atoms with Crippen LogP contribution in [0.5, 0.6) is 0 Å². The van der Waals surface area contributed by atoms with Crippen LogP contribution in [-0.4, -0.2) is 5.78 Å². The van der Waals surface area contributed by atoms with Crippen LogP contribution in [-0.2, 0) is 4.79 Å². The summed E-state index contributed by atoms with van der Waals surface area (Å²) < 4.78 is 13.7. The Balaban J connectivity index is 2.52. The molecule has 0 unspecified atom stereocenters. The predicted octanol–water partition coefficient (Wildman–Crippen LogP) is 4.85. The molecule has 0 aromatic heterocycles. The average molecular weight is 260 g/mol. The van der Waals surface area contributed by atoms with Gasteiger partial charge in [0.1, 0.15) is 5.82 Å². The van der Waals surface area contributed by atoms with Crippen LogP contribution in [0.15, 0.2) is 36.4 Å². The molecule has 0 heterocycles. The Bertz CT molecular complexity index is 472. The Kier molecular flexibility index (Phi) is 6.80. The molecule has 1 nitrogen and oxygen atoms in total. The summed E-state index contributed by atoms with van der Waals surface area (Å²) in [6.45, 7) is 3.86. The quantitative estimate of drug-likeness (QED) is 0.506. The topological polar surface area (TPSA) is 17.1 Å². The van der Waals surface area contributed by atoms with E-state index in [9.17, 15) is 9.18 Å². The molecule has 0 saturated heterocycles. The van der Waals surface area contributed by atoms with Crippen molar-refractivity contribution in [2.75, 3.05) is 0 Å². The van der Waals surface area contributed by atoms with Crippen molar-refractivity contribution < 1.29 is 9.18 Å². The highest BCUT2D eigenvalue weighted by molar-refractivity contribution is 6.01. The Morgan fingerprint density at radius 1 is 1.26 bits per heavy atom. The molecule has 0 aliphatic carbocycles. The van der Waals surface area contributed by atoms with Crippen molar-refractivity contribution in [3.63, 3.8) is 0 Å². The summed E-state index contributed by atoms with van der Waals surface area (Å²) in [5, 5.41) is 0. The van der Waals surface area contributed by atoms with Crippen LogP contribution in [0, 0.1) is 12.7 Å². The molecule has 0 N–H and O–H groups in total. The maximum Gasteiger partial charge on any atom is 0.178 e. The van der Waals surface area contributed by atoms with Gasteiger partial charge < -0.3 is 0 Å². The van der Waals surface area contributed by atoms with E-state index in [4.69, 9.17) is 0 Å². The molecule has 0 aliphatic heterocycles. The minimum atomic E-state index is -0.265. The molecule has 2 heteroatoms. The second-order valence-corrected chi connectivity index (χ2v) is 4.61. The molecular weight excluding hydrogens is 239 g/mol. The van der Waals surface area contributed by atoms with E-state index >= 15 is 0 Å². The summed E-state index contributed by atoms with van der Waals surface area (Å²) in [5.41, 5.74) is 1.04. The van der Waals surface area contributed by atoms with E-state index in [2.05, 4.69) is 6.92 Å². The zero-order chi connectivity index (χ0) is 14.1. The van der Waals surface area contributed by atoms with Gasteiger partial charge in [-0.2, -0.15) is 0 Å². The third-order valence-corrected chi connectivity index (χ3v) is 2.91. The Morgan fingerprint density at radius 3 is 2.79 bits per heavy atom. The maximum atomic E-state index is 13.7. The van der Waals surface area contributed by atoms with Gasteiger partial charge in [-0.25, -0.2) is 4.39 Å². The molecule has 102 valence electrons. The molecule has 0 aliphatic rings. The molecular formula is C17H21FO. The second-order valence-electron chi connectivity index (χ2n) is 4.61. The number of benzene rings is 1. The first-order valence-corrected chi connectivity index (χ1v) is 6.79. The number of allylic oxidation sites excluding steroid dienone is 3.